The van der Waals surface area contributed by atoms with Crippen molar-refractivity contribution >= 4 is 23.7 Å². The van der Waals surface area contributed by atoms with E-state index in [1.165, 1.54) is 18.9 Å². The van der Waals surface area contributed by atoms with Gasteiger partial charge in [-0.15, -0.1) is 11.8 Å². The van der Waals surface area contributed by atoms with E-state index >= 15 is 0 Å². The van der Waals surface area contributed by atoms with Crippen LogP contribution in [-0.2, 0) is 61.7 Å². The molecule has 70 heavy (non-hydrogen) atoms. The van der Waals surface area contributed by atoms with Gasteiger partial charge in [0.15, 0.2) is 18.4 Å². The van der Waals surface area contributed by atoms with Crippen LogP contribution in [0.2, 0.25) is 0 Å². The van der Waals surface area contributed by atoms with Crippen LogP contribution >= 0.6 is 11.8 Å². The van der Waals surface area contributed by atoms with Gasteiger partial charge in [-0.05, 0) is 62.8 Å². The van der Waals surface area contributed by atoms with E-state index in [0.29, 0.717) is 30.4 Å². The van der Waals surface area contributed by atoms with Crippen molar-refractivity contribution < 1.29 is 77.0 Å². The van der Waals surface area contributed by atoms with E-state index in [-0.39, 0.29) is 73.3 Å². The van der Waals surface area contributed by atoms with Gasteiger partial charge in [-0.2, -0.15) is 0 Å². The van der Waals surface area contributed by atoms with Crippen molar-refractivity contribution in [3.63, 3.8) is 0 Å². The molecule has 6 aliphatic heterocycles. The minimum Gasteiger partial charge on any atom is -0.468 e. The highest BCUT2D eigenvalue weighted by atomic mass is 32.2. The van der Waals surface area contributed by atoms with Crippen LogP contribution in [0.25, 0.3) is 0 Å². The Morgan fingerprint density at radius 3 is 2.40 bits per heavy atom. The van der Waals surface area contributed by atoms with Crippen molar-refractivity contribution in [2.24, 2.45) is 23.7 Å². The SMILES string of the molecule is CCC(C)[C@H]1O[C@]2(C=C[C@@H]1C)C[C@@H]1C[C@@H](C/C=C(\C)[C@@H](O[C@H]3C[C@H](OC)[C@@H](O[C@H]4C[C@H](OC)C(O)(CSCC(=O)OC)C[C@H](C)O4)[C@H](C)O3)[C@@H](C)/C=C/C=C3\CO[C@@H]4[C@H](O)C(C)=C[C@@H](C(=O)O1)[C@]34O)O2. The molecule has 6 heterocycles. The molecule has 16 nitrogen and oxygen atoms in total. The van der Waals surface area contributed by atoms with Gasteiger partial charge >= 0.3 is 11.9 Å². The molecule has 0 amide bonds. The van der Waals surface area contributed by atoms with Crippen LogP contribution in [0.3, 0.4) is 0 Å². The average molecular weight is 1010 g/mol. The molecule has 394 valence electrons. The minimum absolute atomic E-state index is 0.0142. The summed E-state index contributed by atoms with van der Waals surface area (Å²) < 4.78 is 69.6. The molecule has 17 heteroatoms. The number of methoxy groups -OCH3 is 3. The molecule has 0 aromatic carbocycles. The van der Waals surface area contributed by atoms with Crippen LogP contribution in [0.1, 0.15) is 100 Å². The van der Waals surface area contributed by atoms with Crippen LogP contribution in [-0.4, -0.2) is 163 Å². The summed E-state index contributed by atoms with van der Waals surface area (Å²) in [6.45, 7) is 16.1. The molecule has 2 unspecified atom stereocenters. The molecular formula is C53H80O16S. The fourth-order valence-corrected chi connectivity index (χ4v) is 12.6. The van der Waals surface area contributed by atoms with E-state index in [4.69, 9.17) is 52.1 Å². The smallest absolute Gasteiger partial charge is 0.316 e. The van der Waals surface area contributed by atoms with E-state index in [2.05, 4.69) is 39.8 Å². The summed E-state index contributed by atoms with van der Waals surface area (Å²) in [4.78, 5) is 26.2. The van der Waals surface area contributed by atoms with Crippen LogP contribution in [0, 0.1) is 23.7 Å². The fourth-order valence-electron chi connectivity index (χ4n) is 11.5. The van der Waals surface area contributed by atoms with Crippen molar-refractivity contribution in [1.82, 2.24) is 0 Å². The standard InChI is InChI=1S/C53H80O16S/c1-12-29(2)47-32(5)18-19-52(69-47)25-38-21-37(68-52)17-16-31(4)46(30(3)14-13-15-36-26-62-49-45(55)33(6)20-39(50(56)65-38)53(36,49)58)66-43-22-40(59-9)48(35(8)64-43)67-44-23-41(60-10)51(57,24-34(7)63-44)28-70-27-42(54)61-11/h13-16,18-20,29-30,32,34-35,37-41,43-49,55,57-58H,12,17,21-28H2,1-11H3/b14-13+,31-16+,36-15+/t29?,30-,32-,34-,35-,37+,38-,39-,40-,41-,43-,44-,45+,46-,47+,48-,49+,51?,52+,53+/m0/s1. The number of thioether (sulfide) groups is 1. The first-order valence-corrected chi connectivity index (χ1v) is 26.5. The molecule has 0 saturated carbocycles. The topological polar surface area (TPSA) is 196 Å². The van der Waals surface area contributed by atoms with Crippen molar-refractivity contribution in [2.45, 2.75) is 197 Å². The summed E-state index contributed by atoms with van der Waals surface area (Å²) in [5.74, 6) is -2.70. The Hall–Kier alpha value is -2.49. The normalized spacial score (nSPS) is 46.0. The number of hydrogen-bond donors (Lipinski definition) is 3. The summed E-state index contributed by atoms with van der Waals surface area (Å²) >= 11 is 1.28. The zero-order valence-corrected chi connectivity index (χ0v) is 43.8. The Morgan fingerprint density at radius 2 is 1.69 bits per heavy atom. The molecular weight excluding hydrogens is 925 g/mol. The first-order chi connectivity index (χ1) is 33.3. The zero-order valence-electron chi connectivity index (χ0n) is 43.0. The molecule has 0 aromatic rings. The van der Waals surface area contributed by atoms with Crippen LogP contribution < -0.4 is 0 Å². The van der Waals surface area contributed by atoms with Crippen LogP contribution in [0.15, 0.2) is 59.3 Å². The van der Waals surface area contributed by atoms with Crippen molar-refractivity contribution in [2.75, 3.05) is 39.4 Å². The maximum Gasteiger partial charge on any atom is 0.316 e. The Balaban J connectivity index is 1.14. The molecule has 7 rings (SSSR count). The third kappa shape index (κ3) is 12.0. The van der Waals surface area contributed by atoms with Crippen molar-refractivity contribution in [3.8, 4) is 0 Å². The molecule has 7 aliphatic rings. The lowest BCUT2D eigenvalue weighted by Crippen LogP contribution is -2.58. The second-order valence-corrected chi connectivity index (χ2v) is 21.9. The third-order valence-corrected chi connectivity index (χ3v) is 16.8. The third-order valence-electron chi connectivity index (χ3n) is 15.7. The van der Waals surface area contributed by atoms with Gasteiger partial charge in [0.25, 0.3) is 0 Å². The highest BCUT2D eigenvalue weighted by molar-refractivity contribution is 8.00. The zero-order chi connectivity index (χ0) is 50.7. The van der Waals surface area contributed by atoms with E-state index in [0.717, 1.165) is 12.0 Å². The lowest BCUT2D eigenvalue weighted by atomic mass is 9.71. The summed E-state index contributed by atoms with van der Waals surface area (Å²) in [7, 11) is 4.52. The Bertz CT molecular complexity index is 1970. The summed E-state index contributed by atoms with van der Waals surface area (Å²) in [6.07, 6.45) is 8.56. The predicted octanol–water partition coefficient (Wildman–Crippen LogP) is 6.04. The van der Waals surface area contributed by atoms with Crippen LogP contribution in [0.5, 0.6) is 0 Å². The predicted molar refractivity (Wildman–Crippen MR) is 260 cm³/mol. The average Bonchev–Trinajstić information content (AvgIpc) is 3.60. The molecule has 2 bridgehead atoms. The molecule has 0 aromatic heterocycles. The van der Waals surface area contributed by atoms with Crippen molar-refractivity contribution in [3.05, 3.63) is 59.3 Å². The number of hydrogen-bond acceptors (Lipinski definition) is 17. The maximum atomic E-state index is 14.4. The molecule has 3 N–H and O–H groups in total. The summed E-state index contributed by atoms with van der Waals surface area (Å²) in [6, 6.07) is 0. The number of carbonyl (C=O) groups excluding carboxylic acids is 2. The van der Waals surface area contributed by atoms with E-state index < -0.39 is 96.4 Å². The molecule has 20 atom stereocenters. The second kappa shape index (κ2) is 23.4. The largest absolute Gasteiger partial charge is 0.468 e. The molecule has 1 spiro atoms. The van der Waals surface area contributed by atoms with Gasteiger partial charge in [0.1, 0.15) is 41.5 Å². The molecule has 1 aliphatic carbocycles. The number of esters is 2. The number of ether oxygens (including phenoxy) is 11. The van der Waals surface area contributed by atoms with Gasteiger partial charge in [0.2, 0.25) is 0 Å². The van der Waals surface area contributed by atoms with E-state index in [1.54, 1.807) is 33.3 Å². The molecule has 4 fully saturated rings. The molecule has 4 saturated heterocycles. The van der Waals surface area contributed by atoms with Crippen molar-refractivity contribution in [1.29, 1.82) is 0 Å². The fraction of sp³-hybridized carbons (Fsp3) is 0.774. The highest BCUT2D eigenvalue weighted by Gasteiger charge is 2.60. The minimum atomic E-state index is -1.86. The number of aliphatic hydroxyl groups is 3. The van der Waals surface area contributed by atoms with Gasteiger partial charge in [-0.3, -0.25) is 9.59 Å². The van der Waals surface area contributed by atoms with Gasteiger partial charge in [0, 0.05) is 63.9 Å². The number of allylic oxidation sites excluding steroid dienone is 2. The lowest BCUT2D eigenvalue weighted by molar-refractivity contribution is -0.301. The lowest BCUT2D eigenvalue weighted by Gasteiger charge is -2.48. The Morgan fingerprint density at radius 1 is 0.929 bits per heavy atom. The van der Waals surface area contributed by atoms with E-state index in [1.807, 2.05) is 39.0 Å². The summed E-state index contributed by atoms with van der Waals surface area (Å²) in [5, 5.41) is 35.6. The first kappa shape index (κ1) is 55.3. The van der Waals surface area contributed by atoms with E-state index in [9.17, 15) is 24.9 Å². The van der Waals surface area contributed by atoms with Gasteiger partial charge < -0.3 is 67.4 Å². The quantitative estimate of drug-likeness (QED) is 0.151. The maximum absolute atomic E-state index is 14.4. The number of carbonyl (C=O) groups is 2. The first-order valence-electron chi connectivity index (χ1n) is 25.3. The highest BCUT2D eigenvalue weighted by Crippen LogP contribution is 2.47. The van der Waals surface area contributed by atoms with Gasteiger partial charge in [-0.25, -0.2) is 0 Å². The van der Waals surface area contributed by atoms with Gasteiger partial charge in [0.05, 0.1) is 62.2 Å². The Labute approximate surface area is 418 Å². The number of rotatable bonds is 12. The van der Waals surface area contributed by atoms with Gasteiger partial charge in [-0.1, -0.05) is 70.6 Å². The Kier molecular flexibility index (Phi) is 18.5. The molecule has 0 radical (unpaired) electrons. The number of aliphatic hydroxyl groups excluding tert-OH is 1. The number of fused-ring (bicyclic) bond motifs is 2. The summed E-state index contributed by atoms with van der Waals surface area (Å²) in [5.41, 5.74) is -1.22. The second-order valence-electron chi connectivity index (χ2n) is 20.9. The monoisotopic (exact) mass is 1000 g/mol. The van der Waals surface area contributed by atoms with Crippen LogP contribution in [0.4, 0.5) is 0 Å².